The molecule has 1 amide bonds. The van der Waals surface area contributed by atoms with Gasteiger partial charge in [-0.1, -0.05) is 29.8 Å². The van der Waals surface area contributed by atoms with Gasteiger partial charge in [-0.05, 0) is 35.9 Å². The van der Waals surface area contributed by atoms with Gasteiger partial charge < -0.3 is 14.5 Å². The molecule has 130 valence electrons. The minimum atomic E-state index is 0.0327. The van der Waals surface area contributed by atoms with Crippen LogP contribution < -0.4 is 9.64 Å². The van der Waals surface area contributed by atoms with Gasteiger partial charge in [0.25, 0.3) is 0 Å². The zero-order valence-corrected chi connectivity index (χ0v) is 14.9. The lowest BCUT2D eigenvalue weighted by atomic mass is 10.2. The van der Waals surface area contributed by atoms with Crippen LogP contribution in [0.2, 0.25) is 5.02 Å². The SMILES string of the molecule is COc1cccc(N2CCN(C(=O)C=Cc3cccc(Cl)c3)CC2)c1. The molecule has 0 aromatic heterocycles. The van der Waals surface area contributed by atoms with Gasteiger partial charge in [0.05, 0.1) is 7.11 Å². The van der Waals surface area contributed by atoms with Crippen LogP contribution in [0.1, 0.15) is 5.56 Å². The Bertz CT molecular complexity index is 768. The van der Waals surface area contributed by atoms with Crippen LogP contribution in [0.5, 0.6) is 5.75 Å². The molecule has 2 aromatic rings. The zero-order valence-electron chi connectivity index (χ0n) is 14.2. The van der Waals surface area contributed by atoms with Crippen LogP contribution in [-0.2, 0) is 4.79 Å². The molecular weight excluding hydrogens is 336 g/mol. The second-order valence-electron chi connectivity index (χ2n) is 5.90. The summed E-state index contributed by atoms with van der Waals surface area (Å²) >= 11 is 5.96. The lowest BCUT2D eigenvalue weighted by Gasteiger charge is -2.35. The van der Waals surface area contributed by atoms with Gasteiger partial charge in [-0.15, -0.1) is 0 Å². The third kappa shape index (κ3) is 4.54. The van der Waals surface area contributed by atoms with Crippen LogP contribution in [0.25, 0.3) is 6.08 Å². The minimum Gasteiger partial charge on any atom is -0.497 e. The Kier molecular flexibility index (Phi) is 5.61. The van der Waals surface area contributed by atoms with E-state index in [1.54, 1.807) is 13.2 Å². The standard InChI is InChI=1S/C20H21ClN2O2/c1-25-19-7-3-6-18(15-19)22-10-12-23(13-11-22)20(24)9-8-16-4-2-5-17(21)14-16/h2-9,14-15H,10-13H2,1H3. The number of carbonyl (C=O) groups excluding carboxylic acids is 1. The molecule has 0 bridgehead atoms. The molecule has 0 radical (unpaired) electrons. The third-order valence-electron chi connectivity index (χ3n) is 4.28. The van der Waals surface area contributed by atoms with Gasteiger partial charge in [-0.3, -0.25) is 4.79 Å². The number of methoxy groups -OCH3 is 1. The highest BCUT2D eigenvalue weighted by Crippen LogP contribution is 2.22. The Morgan fingerprint density at radius 3 is 2.56 bits per heavy atom. The number of benzene rings is 2. The van der Waals surface area contributed by atoms with Crippen molar-refractivity contribution in [2.75, 3.05) is 38.2 Å². The molecule has 0 atom stereocenters. The molecule has 2 aromatic carbocycles. The smallest absolute Gasteiger partial charge is 0.246 e. The van der Waals surface area contributed by atoms with E-state index in [2.05, 4.69) is 11.0 Å². The molecule has 0 spiro atoms. The number of ether oxygens (including phenoxy) is 1. The molecule has 5 heteroatoms. The van der Waals surface area contributed by atoms with E-state index in [9.17, 15) is 4.79 Å². The summed E-state index contributed by atoms with van der Waals surface area (Å²) in [5, 5.41) is 0.668. The van der Waals surface area contributed by atoms with Crippen molar-refractivity contribution >= 4 is 29.3 Å². The van der Waals surface area contributed by atoms with Crippen LogP contribution in [-0.4, -0.2) is 44.1 Å². The maximum absolute atomic E-state index is 12.4. The Morgan fingerprint density at radius 2 is 1.84 bits per heavy atom. The van der Waals surface area contributed by atoms with E-state index in [0.717, 1.165) is 30.1 Å². The fourth-order valence-corrected chi connectivity index (χ4v) is 3.07. The highest BCUT2D eigenvalue weighted by atomic mass is 35.5. The summed E-state index contributed by atoms with van der Waals surface area (Å²) in [5.41, 5.74) is 2.05. The zero-order chi connectivity index (χ0) is 17.6. The number of halogens is 1. The number of hydrogen-bond acceptors (Lipinski definition) is 3. The summed E-state index contributed by atoms with van der Waals surface area (Å²) in [6, 6.07) is 15.5. The monoisotopic (exact) mass is 356 g/mol. The lowest BCUT2D eigenvalue weighted by molar-refractivity contribution is -0.126. The van der Waals surface area contributed by atoms with E-state index in [4.69, 9.17) is 16.3 Å². The topological polar surface area (TPSA) is 32.8 Å². The van der Waals surface area contributed by atoms with E-state index in [1.165, 1.54) is 0 Å². The van der Waals surface area contributed by atoms with Crippen molar-refractivity contribution in [1.82, 2.24) is 4.90 Å². The van der Waals surface area contributed by atoms with Crippen molar-refractivity contribution in [2.24, 2.45) is 0 Å². The first kappa shape index (κ1) is 17.4. The van der Waals surface area contributed by atoms with Gasteiger partial charge in [-0.2, -0.15) is 0 Å². The summed E-state index contributed by atoms with van der Waals surface area (Å²) in [7, 11) is 1.67. The molecule has 1 heterocycles. The van der Waals surface area contributed by atoms with Crippen LogP contribution >= 0.6 is 11.6 Å². The van der Waals surface area contributed by atoms with E-state index in [1.807, 2.05) is 53.4 Å². The minimum absolute atomic E-state index is 0.0327. The Balaban J connectivity index is 1.57. The Morgan fingerprint density at radius 1 is 1.08 bits per heavy atom. The second-order valence-corrected chi connectivity index (χ2v) is 6.34. The van der Waals surface area contributed by atoms with Crippen LogP contribution in [0.15, 0.2) is 54.6 Å². The molecule has 0 unspecified atom stereocenters. The number of piperazine rings is 1. The molecule has 25 heavy (non-hydrogen) atoms. The van der Waals surface area contributed by atoms with Crippen molar-refractivity contribution in [3.05, 3.63) is 65.2 Å². The average molecular weight is 357 g/mol. The first-order chi connectivity index (χ1) is 12.2. The molecule has 1 aliphatic rings. The average Bonchev–Trinajstić information content (AvgIpc) is 2.66. The highest BCUT2D eigenvalue weighted by Gasteiger charge is 2.20. The van der Waals surface area contributed by atoms with E-state index in [-0.39, 0.29) is 5.91 Å². The molecule has 0 aliphatic carbocycles. The van der Waals surface area contributed by atoms with Gasteiger partial charge in [0.15, 0.2) is 0 Å². The summed E-state index contributed by atoms with van der Waals surface area (Å²) < 4.78 is 5.28. The van der Waals surface area contributed by atoms with E-state index >= 15 is 0 Å². The molecule has 0 saturated carbocycles. The maximum Gasteiger partial charge on any atom is 0.246 e. The van der Waals surface area contributed by atoms with Gasteiger partial charge in [0.2, 0.25) is 5.91 Å². The quantitative estimate of drug-likeness (QED) is 0.783. The summed E-state index contributed by atoms with van der Waals surface area (Å²) in [6.07, 6.45) is 3.43. The van der Waals surface area contributed by atoms with Crippen LogP contribution in [0, 0.1) is 0 Å². The van der Waals surface area contributed by atoms with E-state index < -0.39 is 0 Å². The van der Waals surface area contributed by atoms with Crippen molar-refractivity contribution in [2.45, 2.75) is 0 Å². The van der Waals surface area contributed by atoms with Crippen molar-refractivity contribution in [3.8, 4) is 5.75 Å². The fourth-order valence-electron chi connectivity index (χ4n) is 2.88. The molecule has 1 aliphatic heterocycles. The Hall–Kier alpha value is -2.46. The first-order valence-corrected chi connectivity index (χ1v) is 8.65. The normalized spacial score (nSPS) is 14.8. The second kappa shape index (κ2) is 8.08. The van der Waals surface area contributed by atoms with Gasteiger partial charge >= 0.3 is 0 Å². The molecule has 3 rings (SSSR count). The Labute approximate surface area is 153 Å². The fraction of sp³-hybridized carbons (Fsp3) is 0.250. The van der Waals surface area contributed by atoms with Gasteiger partial charge in [0.1, 0.15) is 5.75 Å². The van der Waals surface area contributed by atoms with Crippen LogP contribution in [0.3, 0.4) is 0 Å². The summed E-state index contributed by atoms with van der Waals surface area (Å²) in [4.78, 5) is 16.5. The van der Waals surface area contributed by atoms with E-state index in [0.29, 0.717) is 18.1 Å². The number of amides is 1. The molecule has 1 saturated heterocycles. The van der Waals surface area contributed by atoms with Gasteiger partial charge in [0, 0.05) is 49.0 Å². The van der Waals surface area contributed by atoms with Crippen molar-refractivity contribution < 1.29 is 9.53 Å². The van der Waals surface area contributed by atoms with Crippen LogP contribution in [0.4, 0.5) is 5.69 Å². The number of hydrogen-bond donors (Lipinski definition) is 0. The molecule has 4 nitrogen and oxygen atoms in total. The first-order valence-electron chi connectivity index (χ1n) is 8.27. The summed E-state index contributed by atoms with van der Waals surface area (Å²) in [6.45, 7) is 3.03. The van der Waals surface area contributed by atoms with Gasteiger partial charge in [-0.25, -0.2) is 0 Å². The predicted octanol–water partition coefficient (Wildman–Crippen LogP) is 3.71. The van der Waals surface area contributed by atoms with Crippen molar-refractivity contribution in [3.63, 3.8) is 0 Å². The third-order valence-corrected chi connectivity index (χ3v) is 4.51. The lowest BCUT2D eigenvalue weighted by Crippen LogP contribution is -2.48. The number of carbonyl (C=O) groups is 1. The molecule has 1 fully saturated rings. The number of anilines is 1. The highest BCUT2D eigenvalue weighted by molar-refractivity contribution is 6.30. The largest absolute Gasteiger partial charge is 0.497 e. The molecule has 0 N–H and O–H groups in total. The predicted molar refractivity (Wildman–Crippen MR) is 102 cm³/mol. The van der Waals surface area contributed by atoms with Crippen molar-refractivity contribution in [1.29, 1.82) is 0 Å². The summed E-state index contributed by atoms with van der Waals surface area (Å²) in [5.74, 6) is 0.880. The maximum atomic E-state index is 12.4. The number of rotatable bonds is 4. The molecular formula is C20H21ClN2O2. The number of nitrogens with zero attached hydrogens (tertiary/aromatic N) is 2.